The first-order chi connectivity index (χ1) is 6.86. The summed E-state index contributed by atoms with van der Waals surface area (Å²) in [4.78, 5) is 0. The third kappa shape index (κ3) is 4.43. The Morgan fingerprint density at radius 2 is 2.00 bits per heavy atom. The minimum absolute atomic E-state index is 0.424. The van der Waals surface area contributed by atoms with Gasteiger partial charge in [0.05, 0.1) is 6.10 Å². The molecule has 0 aromatic carbocycles. The highest BCUT2D eigenvalue weighted by Gasteiger charge is 2.18. The summed E-state index contributed by atoms with van der Waals surface area (Å²) in [6.45, 7) is 3.67. The normalized spacial score (nSPS) is 21.0. The number of ether oxygens (including phenoxy) is 1. The van der Waals surface area contributed by atoms with Gasteiger partial charge in [-0.15, -0.1) is 0 Å². The standard InChI is InChI=1S/C12H25NO/c1-2-14-12(8-9-13)10-11-6-4-3-5-7-11/h11-12H,2-10,13H2,1H3. The van der Waals surface area contributed by atoms with Crippen LogP contribution in [0, 0.1) is 5.92 Å². The van der Waals surface area contributed by atoms with Crippen molar-refractivity contribution in [2.75, 3.05) is 13.2 Å². The second-order valence-corrected chi connectivity index (χ2v) is 4.39. The van der Waals surface area contributed by atoms with Crippen LogP contribution in [0.1, 0.15) is 51.9 Å². The lowest BCUT2D eigenvalue weighted by Gasteiger charge is -2.26. The van der Waals surface area contributed by atoms with Crippen LogP contribution in [0.2, 0.25) is 0 Å². The van der Waals surface area contributed by atoms with E-state index >= 15 is 0 Å². The predicted octanol–water partition coefficient (Wildman–Crippen LogP) is 2.71. The predicted molar refractivity (Wildman–Crippen MR) is 60.3 cm³/mol. The molecule has 0 aliphatic heterocycles. The maximum absolute atomic E-state index is 5.71. The highest BCUT2D eigenvalue weighted by molar-refractivity contribution is 4.71. The monoisotopic (exact) mass is 199 g/mol. The van der Waals surface area contributed by atoms with Crippen molar-refractivity contribution >= 4 is 0 Å². The van der Waals surface area contributed by atoms with Crippen molar-refractivity contribution in [3.8, 4) is 0 Å². The van der Waals surface area contributed by atoms with Crippen molar-refractivity contribution < 1.29 is 4.74 Å². The average molecular weight is 199 g/mol. The molecule has 0 heterocycles. The third-order valence-corrected chi connectivity index (χ3v) is 3.21. The van der Waals surface area contributed by atoms with E-state index in [2.05, 4.69) is 6.92 Å². The van der Waals surface area contributed by atoms with E-state index < -0.39 is 0 Å². The molecule has 0 aromatic heterocycles. The summed E-state index contributed by atoms with van der Waals surface area (Å²) in [5.74, 6) is 0.909. The molecule has 1 unspecified atom stereocenters. The van der Waals surface area contributed by atoms with E-state index in [1.54, 1.807) is 0 Å². The molecule has 1 atom stereocenters. The van der Waals surface area contributed by atoms with Crippen LogP contribution in [-0.2, 0) is 4.74 Å². The molecular formula is C12H25NO. The maximum atomic E-state index is 5.71. The molecule has 1 fully saturated rings. The largest absolute Gasteiger partial charge is 0.378 e. The van der Waals surface area contributed by atoms with E-state index in [0.717, 1.165) is 25.5 Å². The molecule has 1 aliphatic rings. The molecule has 2 heteroatoms. The van der Waals surface area contributed by atoms with Crippen molar-refractivity contribution in [3.05, 3.63) is 0 Å². The molecule has 0 bridgehead atoms. The summed E-state index contributed by atoms with van der Waals surface area (Å²) in [7, 11) is 0. The maximum Gasteiger partial charge on any atom is 0.0589 e. The van der Waals surface area contributed by atoms with E-state index in [4.69, 9.17) is 10.5 Å². The van der Waals surface area contributed by atoms with Crippen LogP contribution in [0.3, 0.4) is 0 Å². The lowest BCUT2D eigenvalue weighted by Crippen LogP contribution is -2.22. The van der Waals surface area contributed by atoms with Gasteiger partial charge in [0.15, 0.2) is 0 Å². The summed E-state index contributed by atoms with van der Waals surface area (Å²) in [5, 5.41) is 0. The number of nitrogens with two attached hydrogens (primary N) is 1. The molecule has 1 aliphatic carbocycles. The lowest BCUT2D eigenvalue weighted by molar-refractivity contribution is 0.0360. The van der Waals surface area contributed by atoms with Crippen LogP contribution in [-0.4, -0.2) is 19.3 Å². The number of hydrogen-bond acceptors (Lipinski definition) is 2. The van der Waals surface area contributed by atoms with E-state index in [1.807, 2.05) is 0 Å². The van der Waals surface area contributed by atoms with Gasteiger partial charge < -0.3 is 10.5 Å². The SMILES string of the molecule is CCOC(CCN)CC1CCCCC1. The van der Waals surface area contributed by atoms with Gasteiger partial charge in [-0.3, -0.25) is 0 Å². The third-order valence-electron chi connectivity index (χ3n) is 3.21. The topological polar surface area (TPSA) is 35.2 Å². The van der Waals surface area contributed by atoms with Crippen LogP contribution in [0.5, 0.6) is 0 Å². The van der Waals surface area contributed by atoms with Crippen molar-refractivity contribution in [1.29, 1.82) is 0 Å². The Bertz CT molecular complexity index is 126. The molecule has 0 aromatic rings. The van der Waals surface area contributed by atoms with E-state index in [0.29, 0.717) is 6.10 Å². The Kier molecular flexibility index (Phi) is 6.20. The number of rotatable bonds is 6. The Morgan fingerprint density at radius 3 is 2.57 bits per heavy atom. The Balaban J connectivity index is 2.21. The van der Waals surface area contributed by atoms with Gasteiger partial charge in [-0.05, 0) is 32.2 Å². The second kappa shape index (κ2) is 7.24. The summed E-state index contributed by atoms with van der Waals surface area (Å²) >= 11 is 0. The molecule has 0 radical (unpaired) electrons. The van der Waals surface area contributed by atoms with Crippen molar-refractivity contribution in [2.24, 2.45) is 11.7 Å². The molecule has 1 saturated carbocycles. The van der Waals surface area contributed by atoms with Crippen LogP contribution < -0.4 is 5.73 Å². The molecule has 0 spiro atoms. The van der Waals surface area contributed by atoms with Crippen LogP contribution in [0.4, 0.5) is 0 Å². The van der Waals surface area contributed by atoms with Gasteiger partial charge in [-0.1, -0.05) is 32.1 Å². The first-order valence-corrected chi connectivity index (χ1v) is 6.18. The van der Waals surface area contributed by atoms with Crippen LogP contribution >= 0.6 is 0 Å². The summed E-state index contributed by atoms with van der Waals surface area (Å²) in [5.41, 5.74) is 5.58. The minimum atomic E-state index is 0.424. The van der Waals surface area contributed by atoms with Gasteiger partial charge in [-0.25, -0.2) is 0 Å². The number of hydrogen-bond donors (Lipinski definition) is 1. The highest BCUT2D eigenvalue weighted by Crippen LogP contribution is 2.28. The van der Waals surface area contributed by atoms with Crippen molar-refractivity contribution in [3.63, 3.8) is 0 Å². The van der Waals surface area contributed by atoms with E-state index in [-0.39, 0.29) is 0 Å². The van der Waals surface area contributed by atoms with Crippen molar-refractivity contribution in [1.82, 2.24) is 0 Å². The molecule has 1 rings (SSSR count). The first kappa shape index (κ1) is 12.0. The zero-order valence-electron chi connectivity index (χ0n) is 9.50. The molecule has 2 nitrogen and oxygen atoms in total. The Hall–Kier alpha value is -0.0800. The lowest BCUT2D eigenvalue weighted by atomic mass is 9.85. The van der Waals surface area contributed by atoms with Crippen LogP contribution in [0.15, 0.2) is 0 Å². The fourth-order valence-corrected chi connectivity index (χ4v) is 2.49. The fraction of sp³-hybridized carbons (Fsp3) is 1.00. The molecule has 84 valence electrons. The zero-order chi connectivity index (χ0) is 10.2. The molecule has 2 N–H and O–H groups in total. The van der Waals surface area contributed by atoms with Crippen LogP contribution in [0.25, 0.3) is 0 Å². The van der Waals surface area contributed by atoms with E-state index in [1.165, 1.54) is 38.5 Å². The molecule has 0 saturated heterocycles. The van der Waals surface area contributed by atoms with E-state index in [9.17, 15) is 0 Å². The quantitative estimate of drug-likeness (QED) is 0.714. The van der Waals surface area contributed by atoms with Crippen molar-refractivity contribution in [2.45, 2.75) is 58.0 Å². The molecule has 14 heavy (non-hydrogen) atoms. The Morgan fingerprint density at radius 1 is 1.29 bits per heavy atom. The molecule has 0 amide bonds. The first-order valence-electron chi connectivity index (χ1n) is 6.18. The van der Waals surface area contributed by atoms with Gasteiger partial charge in [-0.2, -0.15) is 0 Å². The van der Waals surface area contributed by atoms with Gasteiger partial charge >= 0.3 is 0 Å². The Labute approximate surface area is 88.2 Å². The van der Waals surface area contributed by atoms with Gasteiger partial charge in [0.1, 0.15) is 0 Å². The summed E-state index contributed by atoms with van der Waals surface area (Å²) < 4.78 is 5.71. The minimum Gasteiger partial charge on any atom is -0.378 e. The average Bonchev–Trinajstić information content (AvgIpc) is 2.20. The van der Waals surface area contributed by atoms with Gasteiger partial charge in [0, 0.05) is 6.61 Å². The summed E-state index contributed by atoms with van der Waals surface area (Å²) in [6.07, 6.45) is 9.80. The smallest absolute Gasteiger partial charge is 0.0589 e. The summed E-state index contributed by atoms with van der Waals surface area (Å²) in [6, 6.07) is 0. The second-order valence-electron chi connectivity index (χ2n) is 4.39. The van der Waals surface area contributed by atoms with Gasteiger partial charge in [0.25, 0.3) is 0 Å². The fourth-order valence-electron chi connectivity index (χ4n) is 2.49. The highest BCUT2D eigenvalue weighted by atomic mass is 16.5. The molecular weight excluding hydrogens is 174 g/mol. The zero-order valence-corrected chi connectivity index (χ0v) is 9.50. The van der Waals surface area contributed by atoms with Gasteiger partial charge in [0.2, 0.25) is 0 Å².